The van der Waals surface area contributed by atoms with E-state index in [9.17, 15) is 0 Å². The quantitative estimate of drug-likeness (QED) is 0.282. The number of aromatic nitrogens is 2. The minimum Gasteiger partial charge on any atom is -0.336 e. The number of hydrogen-bond acceptors (Lipinski definition) is 4. The van der Waals surface area contributed by atoms with Crippen LogP contribution in [0.15, 0.2) is 39.9 Å². The summed E-state index contributed by atoms with van der Waals surface area (Å²) in [5.41, 5.74) is 3.53. The number of H-pyrrole nitrogens is 1. The van der Waals surface area contributed by atoms with Crippen LogP contribution in [0.2, 0.25) is 0 Å². The molecule has 0 saturated heterocycles. The largest absolute Gasteiger partial charge is 0.336 e. The second kappa shape index (κ2) is 12.8. The number of nitrogens with zero attached hydrogens (tertiary/aromatic N) is 1. The number of rotatable bonds is 11. The van der Waals surface area contributed by atoms with Gasteiger partial charge in [-0.3, -0.25) is 5.10 Å². The number of thioether (sulfide) groups is 2. The molecule has 2 atom stereocenters. The summed E-state index contributed by atoms with van der Waals surface area (Å²) in [5, 5.41) is 11.0. The topological polar surface area (TPSA) is 40.7 Å². The average molecular weight is 535 g/mol. The Morgan fingerprint density at radius 3 is 2.66 bits per heavy atom. The van der Waals surface area contributed by atoms with Crippen molar-refractivity contribution in [2.45, 2.75) is 64.5 Å². The van der Waals surface area contributed by atoms with Crippen molar-refractivity contribution in [3.8, 4) is 0 Å². The first kappa shape index (κ1) is 28.3. The molecule has 2 unspecified atom stereocenters. The van der Waals surface area contributed by atoms with E-state index in [-0.39, 0.29) is 5.82 Å². The van der Waals surface area contributed by atoms with Gasteiger partial charge in [0.25, 0.3) is 0 Å². The number of aromatic amines is 1. The Balaban J connectivity index is 1.71. The van der Waals surface area contributed by atoms with Crippen LogP contribution in [0, 0.1) is 11.7 Å². The molecular formula is C28H42FN3PS2+. The molecule has 192 valence electrons. The molecule has 1 heterocycles. The Hall–Kier alpha value is -1.23. The van der Waals surface area contributed by atoms with Crippen molar-refractivity contribution in [3.05, 3.63) is 62.5 Å². The maximum absolute atomic E-state index is 15.2. The van der Waals surface area contributed by atoms with Gasteiger partial charge in [0.2, 0.25) is 0 Å². The fourth-order valence-corrected chi connectivity index (χ4v) is 8.63. The number of allylic oxidation sites excluding steroid dienone is 3. The fourth-order valence-electron chi connectivity index (χ4n) is 4.86. The van der Waals surface area contributed by atoms with Crippen LogP contribution in [0.5, 0.6) is 0 Å². The first-order valence-corrected chi connectivity index (χ1v) is 18.0. The molecule has 1 fully saturated rings. The summed E-state index contributed by atoms with van der Waals surface area (Å²) in [6, 6.07) is 5.95. The Kier molecular flexibility index (Phi) is 10.4. The molecule has 1 aliphatic carbocycles. The van der Waals surface area contributed by atoms with E-state index in [1.54, 1.807) is 16.4 Å². The molecule has 1 saturated carbocycles. The fraction of sp³-hybridized carbons (Fsp3) is 0.536. The summed E-state index contributed by atoms with van der Waals surface area (Å²) < 4.78 is 16.8. The number of hydrogen-bond donors (Lipinski definition) is 2. The molecule has 0 bridgehead atoms. The minimum absolute atomic E-state index is 0.156. The van der Waals surface area contributed by atoms with Gasteiger partial charge >= 0.3 is 0 Å². The number of aryl methyl sites for hydroxylation is 1. The van der Waals surface area contributed by atoms with Gasteiger partial charge in [-0.05, 0) is 73.8 Å². The van der Waals surface area contributed by atoms with Crippen molar-refractivity contribution in [2.24, 2.45) is 5.92 Å². The highest BCUT2D eigenvalue weighted by Gasteiger charge is 2.33. The third-order valence-electron chi connectivity index (χ3n) is 6.68. The lowest BCUT2D eigenvalue weighted by atomic mass is 10.0. The van der Waals surface area contributed by atoms with Gasteiger partial charge in [0.15, 0.2) is 11.6 Å². The zero-order valence-corrected chi connectivity index (χ0v) is 24.9. The van der Waals surface area contributed by atoms with Gasteiger partial charge in [-0.2, -0.15) is 16.9 Å². The maximum Gasteiger partial charge on any atom is 0.152 e. The summed E-state index contributed by atoms with van der Waals surface area (Å²) in [6.45, 7) is 13.7. The lowest BCUT2D eigenvalue weighted by Gasteiger charge is -2.20. The zero-order chi connectivity index (χ0) is 25.6. The van der Waals surface area contributed by atoms with Crippen LogP contribution in [0.1, 0.15) is 69.2 Å². The molecule has 7 heteroatoms. The van der Waals surface area contributed by atoms with Crippen molar-refractivity contribution < 1.29 is 4.39 Å². The van der Waals surface area contributed by atoms with Gasteiger partial charge in [-0.1, -0.05) is 37.8 Å². The summed E-state index contributed by atoms with van der Waals surface area (Å²) >= 11 is 3.67. The number of benzene rings is 1. The van der Waals surface area contributed by atoms with Crippen LogP contribution < -0.4 is 5.32 Å². The van der Waals surface area contributed by atoms with Gasteiger partial charge in [-0.15, -0.1) is 0 Å². The van der Waals surface area contributed by atoms with Crippen LogP contribution in [-0.4, -0.2) is 36.4 Å². The molecule has 2 aromatic rings. The molecule has 0 amide bonds. The van der Waals surface area contributed by atoms with E-state index in [1.165, 1.54) is 11.3 Å². The predicted octanol–water partition coefficient (Wildman–Crippen LogP) is 9.40. The van der Waals surface area contributed by atoms with Crippen molar-refractivity contribution in [3.63, 3.8) is 0 Å². The third-order valence-corrected chi connectivity index (χ3v) is 11.9. The first-order valence-electron chi connectivity index (χ1n) is 12.7. The highest BCUT2D eigenvalue weighted by atomic mass is 32.2. The monoisotopic (exact) mass is 534 g/mol. The van der Waals surface area contributed by atoms with Crippen molar-refractivity contribution in [1.82, 2.24) is 10.2 Å². The van der Waals surface area contributed by atoms with Crippen LogP contribution in [0.4, 0.5) is 15.9 Å². The maximum atomic E-state index is 15.2. The van der Waals surface area contributed by atoms with Crippen LogP contribution in [0.25, 0.3) is 0 Å². The predicted molar refractivity (Wildman–Crippen MR) is 159 cm³/mol. The third kappa shape index (κ3) is 7.17. The lowest BCUT2D eigenvalue weighted by molar-refractivity contribution is 0.618. The van der Waals surface area contributed by atoms with Gasteiger partial charge in [0.05, 0.1) is 25.7 Å². The number of nitrogens with one attached hydrogen (secondary N) is 2. The molecule has 1 aliphatic rings. The molecule has 35 heavy (non-hydrogen) atoms. The van der Waals surface area contributed by atoms with E-state index in [2.05, 4.69) is 74.5 Å². The van der Waals surface area contributed by atoms with Gasteiger partial charge in [0, 0.05) is 36.3 Å². The normalized spacial score (nSPS) is 19.4. The number of anilines is 2. The molecular weight excluding hydrogens is 492 g/mol. The molecule has 2 N–H and O–H groups in total. The minimum atomic E-state index is -1.04. The first-order chi connectivity index (χ1) is 16.7. The smallest absolute Gasteiger partial charge is 0.152 e. The van der Waals surface area contributed by atoms with Gasteiger partial charge in [-0.25, -0.2) is 4.39 Å². The molecule has 0 aliphatic heterocycles. The van der Waals surface area contributed by atoms with E-state index < -0.39 is 7.26 Å². The highest BCUT2D eigenvalue weighted by molar-refractivity contribution is 8.15. The van der Waals surface area contributed by atoms with E-state index >= 15 is 4.39 Å². The molecule has 3 nitrogen and oxygen atoms in total. The summed E-state index contributed by atoms with van der Waals surface area (Å²) in [4.78, 5) is 1.54. The van der Waals surface area contributed by atoms with Crippen molar-refractivity contribution >= 4 is 42.3 Å². The molecule has 0 radical (unpaired) electrons. The molecule has 3 rings (SSSR count). The second-order valence-corrected chi connectivity index (χ2v) is 16.9. The highest BCUT2D eigenvalue weighted by Crippen LogP contribution is 2.62. The van der Waals surface area contributed by atoms with E-state index in [0.29, 0.717) is 29.1 Å². The van der Waals surface area contributed by atoms with Crippen molar-refractivity contribution in [1.29, 1.82) is 0 Å². The zero-order valence-electron chi connectivity index (χ0n) is 22.4. The summed E-state index contributed by atoms with van der Waals surface area (Å²) in [6.07, 6.45) is 12.2. The Morgan fingerprint density at radius 1 is 1.26 bits per heavy atom. The van der Waals surface area contributed by atoms with Gasteiger partial charge in [0.1, 0.15) is 4.65 Å². The molecule has 0 spiro atoms. The van der Waals surface area contributed by atoms with Gasteiger partial charge < -0.3 is 5.32 Å². The van der Waals surface area contributed by atoms with E-state index in [0.717, 1.165) is 42.5 Å². The molecule has 1 aromatic carbocycles. The number of halogens is 1. The second-order valence-electron chi connectivity index (χ2n) is 10.1. The summed E-state index contributed by atoms with van der Waals surface area (Å²) in [7, 11) is -1.04. The van der Waals surface area contributed by atoms with Crippen molar-refractivity contribution in [2.75, 3.05) is 31.6 Å². The lowest BCUT2D eigenvalue weighted by Crippen LogP contribution is -2.01. The Bertz CT molecular complexity index is 1050. The Labute approximate surface area is 220 Å². The SMILES string of the molecule is C/C=C(\S/C(=C/CC)C1CCC(c2cc(Nc3ccc(CC)c(CSC)c3F)n[nH]2)C1)[P+](C)(C)C. The standard InChI is InChI=1S/C28H42FN3PS2/c1-8-11-25(35-27(10-3)33(4,5)6)21-13-12-20(16-21)24-17-26(32-31-24)30-23-15-14-19(9-2)22(18-34-7)28(23)29/h10-11,14-15,17,20-21H,8-9,12-13,16,18H2,1-7H3,(H2,30,31,32)/q+1/b25-11+,27-10-. The molecule has 1 aromatic heterocycles. The Morgan fingerprint density at radius 2 is 2.03 bits per heavy atom. The van der Waals surface area contributed by atoms with E-state index in [4.69, 9.17) is 0 Å². The summed E-state index contributed by atoms with van der Waals surface area (Å²) in [5.74, 6) is 2.27. The van der Waals surface area contributed by atoms with Crippen LogP contribution in [0.3, 0.4) is 0 Å². The average Bonchev–Trinajstić information content (AvgIpc) is 3.48. The van der Waals surface area contributed by atoms with E-state index in [1.807, 2.05) is 30.2 Å². The van der Waals surface area contributed by atoms with Crippen LogP contribution in [-0.2, 0) is 12.2 Å². The van der Waals surface area contributed by atoms with Crippen LogP contribution >= 0.6 is 30.8 Å².